The number of H-pyrrole nitrogens is 1. The van der Waals surface area contributed by atoms with E-state index < -0.39 is 18.0 Å². The third-order valence-corrected chi connectivity index (χ3v) is 7.16. The number of amides is 3. The molecule has 0 bridgehead atoms. The molecule has 0 saturated carbocycles. The predicted molar refractivity (Wildman–Crippen MR) is 148 cm³/mol. The molecular weight excluding hydrogens is 478 g/mol. The lowest BCUT2D eigenvalue weighted by Crippen LogP contribution is -2.50. The van der Waals surface area contributed by atoms with Gasteiger partial charge in [0.2, 0.25) is 17.7 Å². The van der Waals surface area contributed by atoms with Gasteiger partial charge < -0.3 is 20.5 Å². The van der Waals surface area contributed by atoms with E-state index in [1.165, 1.54) is 0 Å². The van der Waals surface area contributed by atoms with E-state index in [4.69, 9.17) is 0 Å². The van der Waals surface area contributed by atoms with Crippen LogP contribution in [0.3, 0.4) is 0 Å². The van der Waals surface area contributed by atoms with Crippen LogP contribution >= 0.6 is 0 Å². The van der Waals surface area contributed by atoms with Gasteiger partial charge in [0.1, 0.15) is 11.9 Å². The predicted octanol–water partition coefficient (Wildman–Crippen LogP) is 4.81. The Labute approximate surface area is 224 Å². The van der Waals surface area contributed by atoms with E-state index in [0.717, 1.165) is 35.9 Å². The van der Waals surface area contributed by atoms with Crippen molar-refractivity contribution < 1.29 is 14.4 Å². The van der Waals surface area contributed by atoms with E-state index >= 15 is 0 Å². The first kappa shape index (κ1) is 27.4. The average Bonchev–Trinajstić information content (AvgIpc) is 3.36. The average molecular weight is 518 g/mol. The molecule has 4 rings (SSSR count). The largest absolute Gasteiger partial charge is 0.345 e. The van der Waals surface area contributed by atoms with Crippen molar-refractivity contribution in [2.45, 2.75) is 77.4 Å². The van der Waals surface area contributed by atoms with E-state index in [9.17, 15) is 14.4 Å². The Morgan fingerprint density at radius 1 is 1.00 bits per heavy atom. The Morgan fingerprint density at radius 2 is 1.74 bits per heavy atom. The summed E-state index contributed by atoms with van der Waals surface area (Å²) in [7, 11) is 0. The Kier molecular flexibility index (Phi) is 9.15. The molecule has 0 unspecified atom stereocenters. The Bertz CT molecular complexity index is 1210. The summed E-state index contributed by atoms with van der Waals surface area (Å²) in [4.78, 5) is 49.5. The van der Waals surface area contributed by atoms with Crippen LogP contribution in [0.25, 0.3) is 11.0 Å². The number of hydrogen-bond donors (Lipinski definition) is 3. The standard InChI is InChI=1S/C30H39N5O3/c1-20(2)16-17-27(36)32-25(30(38)31-21(3)29-33-23-13-7-8-14-24(23)34-29)19-28(37)35-18-10-9-15-26(35)22-11-5-4-6-12-22/h4-8,11-14,20-21,25-26H,9-10,15-19H2,1-3H3,(H,31,38)(H,32,36)(H,33,34)/t21-,25-,26+/m0/s1. The number of carbonyl (C=O) groups excluding carboxylic acids is 3. The molecule has 3 aromatic rings. The van der Waals surface area contributed by atoms with Crippen LogP contribution in [0.5, 0.6) is 0 Å². The van der Waals surface area contributed by atoms with E-state index in [2.05, 4.69) is 34.4 Å². The van der Waals surface area contributed by atoms with Gasteiger partial charge in [0.25, 0.3) is 0 Å². The summed E-state index contributed by atoms with van der Waals surface area (Å²) in [6.07, 6.45) is 3.80. The zero-order valence-corrected chi connectivity index (χ0v) is 22.6. The molecule has 1 fully saturated rings. The Hall–Kier alpha value is -3.68. The van der Waals surface area contributed by atoms with Gasteiger partial charge in [0.15, 0.2) is 0 Å². The lowest BCUT2D eigenvalue weighted by atomic mass is 9.94. The molecule has 1 aliphatic rings. The maximum atomic E-state index is 13.6. The molecule has 8 nitrogen and oxygen atoms in total. The van der Waals surface area contributed by atoms with Crippen LogP contribution in [-0.4, -0.2) is 45.2 Å². The minimum Gasteiger partial charge on any atom is -0.345 e. The molecule has 1 aromatic heterocycles. The van der Waals surface area contributed by atoms with Crippen molar-refractivity contribution in [1.82, 2.24) is 25.5 Å². The van der Waals surface area contributed by atoms with Crippen molar-refractivity contribution in [2.24, 2.45) is 5.92 Å². The number of nitrogens with one attached hydrogen (secondary N) is 3. The lowest BCUT2D eigenvalue weighted by molar-refractivity contribution is -0.139. The number of benzene rings is 2. The van der Waals surface area contributed by atoms with Gasteiger partial charge in [-0.15, -0.1) is 0 Å². The zero-order chi connectivity index (χ0) is 27.1. The van der Waals surface area contributed by atoms with Gasteiger partial charge >= 0.3 is 0 Å². The van der Waals surface area contributed by atoms with Crippen LogP contribution in [0.15, 0.2) is 54.6 Å². The third kappa shape index (κ3) is 7.00. The number of nitrogens with zero attached hydrogens (tertiary/aromatic N) is 2. The second-order valence-electron chi connectivity index (χ2n) is 10.6. The number of imidazole rings is 1. The Morgan fingerprint density at radius 3 is 2.47 bits per heavy atom. The number of aromatic amines is 1. The SMILES string of the molecule is CC(C)CCC(=O)N[C@@H](CC(=O)N1CCCC[C@@H]1c1ccccc1)C(=O)N[C@@H](C)c1nc2ccccc2[nH]1. The van der Waals surface area contributed by atoms with Crippen LogP contribution < -0.4 is 10.6 Å². The van der Waals surface area contributed by atoms with Crippen LogP contribution in [0.2, 0.25) is 0 Å². The maximum absolute atomic E-state index is 13.6. The second-order valence-corrected chi connectivity index (χ2v) is 10.6. The van der Waals surface area contributed by atoms with E-state index in [-0.39, 0.29) is 24.3 Å². The van der Waals surface area contributed by atoms with Gasteiger partial charge in [0.05, 0.1) is 29.5 Å². The van der Waals surface area contributed by atoms with Gasteiger partial charge in [-0.05, 0) is 56.2 Å². The first-order valence-corrected chi connectivity index (χ1v) is 13.7. The highest BCUT2D eigenvalue weighted by Gasteiger charge is 2.32. The first-order valence-electron chi connectivity index (χ1n) is 13.7. The number of likely N-dealkylation sites (tertiary alicyclic amines) is 1. The highest BCUT2D eigenvalue weighted by Crippen LogP contribution is 2.31. The molecule has 1 saturated heterocycles. The molecule has 0 spiro atoms. The molecule has 3 amide bonds. The molecule has 3 N–H and O–H groups in total. The number of aromatic nitrogens is 2. The molecule has 3 atom stereocenters. The van der Waals surface area contributed by atoms with Crippen molar-refractivity contribution in [1.29, 1.82) is 0 Å². The summed E-state index contributed by atoms with van der Waals surface area (Å²) in [6.45, 7) is 6.58. The molecule has 0 radical (unpaired) electrons. The molecule has 2 heterocycles. The molecule has 1 aliphatic heterocycles. The minimum absolute atomic E-state index is 0.0210. The normalized spacial score (nSPS) is 17.3. The third-order valence-electron chi connectivity index (χ3n) is 7.16. The zero-order valence-electron chi connectivity index (χ0n) is 22.6. The molecule has 8 heteroatoms. The van der Waals surface area contributed by atoms with Crippen molar-refractivity contribution in [3.63, 3.8) is 0 Å². The fourth-order valence-electron chi connectivity index (χ4n) is 5.00. The molecule has 38 heavy (non-hydrogen) atoms. The lowest BCUT2D eigenvalue weighted by Gasteiger charge is -2.37. The smallest absolute Gasteiger partial charge is 0.243 e. The number of piperidine rings is 1. The number of fused-ring (bicyclic) bond motifs is 1. The summed E-state index contributed by atoms with van der Waals surface area (Å²) in [5, 5.41) is 5.81. The van der Waals surface area contributed by atoms with Gasteiger partial charge in [-0.3, -0.25) is 14.4 Å². The summed E-state index contributed by atoms with van der Waals surface area (Å²) in [5.41, 5.74) is 2.80. The van der Waals surface area contributed by atoms with Crippen LogP contribution in [0, 0.1) is 5.92 Å². The molecule has 0 aliphatic carbocycles. The van der Waals surface area contributed by atoms with Gasteiger partial charge in [-0.1, -0.05) is 56.3 Å². The van der Waals surface area contributed by atoms with E-state index in [0.29, 0.717) is 31.1 Å². The van der Waals surface area contributed by atoms with Crippen LogP contribution in [0.1, 0.15) is 82.8 Å². The van der Waals surface area contributed by atoms with Crippen LogP contribution in [0.4, 0.5) is 0 Å². The van der Waals surface area contributed by atoms with Crippen molar-refractivity contribution in [3.8, 4) is 0 Å². The van der Waals surface area contributed by atoms with E-state index in [1.54, 1.807) is 0 Å². The minimum atomic E-state index is -0.965. The van der Waals surface area contributed by atoms with Gasteiger partial charge in [-0.2, -0.15) is 0 Å². The second kappa shape index (κ2) is 12.7. The fourth-order valence-corrected chi connectivity index (χ4v) is 5.00. The number of rotatable bonds is 10. The van der Waals surface area contributed by atoms with Crippen molar-refractivity contribution in [3.05, 3.63) is 66.0 Å². The summed E-state index contributed by atoms with van der Waals surface area (Å²) >= 11 is 0. The summed E-state index contributed by atoms with van der Waals surface area (Å²) < 4.78 is 0. The molecular formula is C30H39N5O3. The van der Waals surface area contributed by atoms with Crippen molar-refractivity contribution in [2.75, 3.05) is 6.54 Å². The molecule has 2 aromatic carbocycles. The summed E-state index contributed by atoms with van der Waals surface area (Å²) in [6, 6.07) is 16.3. The highest BCUT2D eigenvalue weighted by atomic mass is 16.2. The topological polar surface area (TPSA) is 107 Å². The highest BCUT2D eigenvalue weighted by molar-refractivity contribution is 5.92. The van der Waals surface area contributed by atoms with Gasteiger partial charge in [0, 0.05) is 13.0 Å². The number of carbonyl (C=O) groups is 3. The van der Waals surface area contributed by atoms with Crippen molar-refractivity contribution >= 4 is 28.8 Å². The first-order chi connectivity index (χ1) is 18.3. The maximum Gasteiger partial charge on any atom is 0.243 e. The van der Waals surface area contributed by atoms with Gasteiger partial charge in [-0.25, -0.2) is 4.98 Å². The van der Waals surface area contributed by atoms with E-state index in [1.807, 2.05) is 66.4 Å². The monoisotopic (exact) mass is 517 g/mol. The van der Waals surface area contributed by atoms with Crippen LogP contribution in [-0.2, 0) is 14.4 Å². The Balaban J connectivity index is 1.49. The number of hydrogen-bond acceptors (Lipinski definition) is 4. The molecule has 202 valence electrons. The summed E-state index contributed by atoms with van der Waals surface area (Å²) in [5.74, 6) is 0.247. The number of para-hydroxylation sites is 2. The fraction of sp³-hybridized carbons (Fsp3) is 0.467. The quantitative estimate of drug-likeness (QED) is 0.359.